The van der Waals surface area contributed by atoms with E-state index in [0.29, 0.717) is 0 Å². The van der Waals surface area contributed by atoms with Crippen molar-refractivity contribution in [2.45, 2.75) is 31.2 Å². The first kappa shape index (κ1) is 16.7. The molecule has 0 N–H and O–H groups in total. The van der Waals surface area contributed by atoms with E-state index in [9.17, 15) is 0 Å². The standard InChI is InChI=1S/C8H19ClO3Si.C6H4/c1-6-8(9,7-2)13(10-3,11-4)12-5;1-2-5-4-6(5)3-1/h6-7H2,1-5H3;1-4H. The zero-order chi connectivity index (χ0) is 14.5. The van der Waals surface area contributed by atoms with Crippen LogP contribution in [0.2, 0.25) is 0 Å². The number of hydrogen-bond donors (Lipinski definition) is 0. The molecular weight excluding hydrogens is 280 g/mol. The molecule has 2 aliphatic rings. The van der Waals surface area contributed by atoms with E-state index < -0.39 is 13.3 Å². The molecule has 0 fully saturated rings. The first-order chi connectivity index (χ1) is 9.02. The van der Waals surface area contributed by atoms with Crippen LogP contribution in [0.5, 0.6) is 0 Å². The molecule has 0 bridgehead atoms. The molecule has 19 heavy (non-hydrogen) atoms. The molecule has 0 unspecified atom stereocenters. The summed E-state index contributed by atoms with van der Waals surface area (Å²) in [5.74, 6) is 0. The van der Waals surface area contributed by atoms with Gasteiger partial charge in [0.25, 0.3) is 0 Å². The Kier molecular flexibility index (Phi) is 6.01. The second-order valence-electron chi connectivity index (χ2n) is 4.42. The van der Waals surface area contributed by atoms with Crippen LogP contribution in [-0.4, -0.2) is 34.6 Å². The highest BCUT2D eigenvalue weighted by molar-refractivity contribution is 6.74. The normalized spacial score (nSPS) is 12.7. The van der Waals surface area contributed by atoms with Gasteiger partial charge in [-0.15, -0.1) is 11.6 Å². The van der Waals surface area contributed by atoms with Gasteiger partial charge in [0.15, 0.2) is 0 Å². The highest BCUT2D eigenvalue weighted by Crippen LogP contribution is 2.35. The minimum absolute atomic E-state index is 0.509. The highest BCUT2D eigenvalue weighted by Gasteiger charge is 2.57. The maximum atomic E-state index is 6.42. The number of halogens is 1. The van der Waals surface area contributed by atoms with Crippen molar-refractivity contribution in [2.24, 2.45) is 0 Å². The van der Waals surface area contributed by atoms with Gasteiger partial charge in [-0.1, -0.05) is 32.0 Å². The molecule has 0 spiro atoms. The first-order valence-corrected chi connectivity index (χ1v) is 8.57. The third kappa shape index (κ3) is 3.38. The van der Waals surface area contributed by atoms with Crippen LogP contribution in [-0.2, 0) is 13.3 Å². The van der Waals surface area contributed by atoms with Crippen LogP contribution < -0.4 is 0 Å². The molecule has 5 heteroatoms. The van der Waals surface area contributed by atoms with E-state index in [2.05, 4.69) is 24.3 Å². The third-order valence-corrected chi connectivity index (χ3v) is 8.23. The zero-order valence-corrected chi connectivity index (χ0v) is 14.1. The molecule has 0 amide bonds. The Labute approximate surface area is 122 Å². The highest BCUT2D eigenvalue weighted by atomic mass is 35.5. The maximum Gasteiger partial charge on any atom is 0.522 e. The Bertz CT molecular complexity index is 378. The minimum Gasteiger partial charge on any atom is -0.376 e. The molecular formula is C14H23ClO3Si. The molecule has 108 valence electrons. The quantitative estimate of drug-likeness (QED) is 0.599. The summed E-state index contributed by atoms with van der Waals surface area (Å²) in [7, 11) is 2.05. The summed E-state index contributed by atoms with van der Waals surface area (Å²) >= 11 is 6.42. The van der Waals surface area contributed by atoms with E-state index in [0.717, 1.165) is 12.8 Å². The van der Waals surface area contributed by atoms with Gasteiger partial charge in [-0.2, -0.15) is 0 Å². The van der Waals surface area contributed by atoms with Crippen LogP contribution in [0.15, 0.2) is 24.3 Å². The summed E-state index contributed by atoms with van der Waals surface area (Å²) in [6.07, 6.45) is 1.54. The number of rotatable bonds is 6. The Morgan fingerprint density at radius 2 is 1.42 bits per heavy atom. The Morgan fingerprint density at radius 1 is 1.00 bits per heavy atom. The SMILES string of the molecule is CCC(Cl)(CC)[Si](OC)(OC)OC.c1cc2cc-2c1. The number of hydrogen-bond acceptors (Lipinski definition) is 3. The van der Waals surface area contributed by atoms with Crippen molar-refractivity contribution in [3.05, 3.63) is 24.3 Å². The lowest BCUT2D eigenvalue weighted by Crippen LogP contribution is -2.60. The van der Waals surface area contributed by atoms with E-state index in [1.54, 1.807) is 21.3 Å². The second-order valence-corrected chi connectivity index (χ2v) is 8.76. The van der Waals surface area contributed by atoms with Crippen LogP contribution >= 0.6 is 11.6 Å². The van der Waals surface area contributed by atoms with Crippen molar-refractivity contribution in [2.75, 3.05) is 21.3 Å². The van der Waals surface area contributed by atoms with Crippen molar-refractivity contribution in [3.8, 4) is 11.1 Å². The number of benzene rings is 1. The van der Waals surface area contributed by atoms with Crippen molar-refractivity contribution in [1.82, 2.24) is 0 Å². The number of alkyl halides is 1. The molecule has 0 aliphatic heterocycles. The first-order valence-electron chi connectivity index (χ1n) is 6.47. The predicted molar refractivity (Wildman–Crippen MR) is 81.4 cm³/mol. The molecule has 0 heterocycles. The largest absolute Gasteiger partial charge is 0.522 e. The van der Waals surface area contributed by atoms with Crippen molar-refractivity contribution in [1.29, 1.82) is 0 Å². The molecule has 2 rings (SSSR count). The van der Waals surface area contributed by atoms with Gasteiger partial charge in [-0.25, -0.2) is 0 Å². The van der Waals surface area contributed by atoms with Gasteiger partial charge in [-0.05, 0) is 30.0 Å². The lowest BCUT2D eigenvalue weighted by molar-refractivity contribution is 0.104. The molecule has 0 atom stereocenters. The molecule has 0 aromatic rings. The van der Waals surface area contributed by atoms with Gasteiger partial charge in [0.1, 0.15) is 4.50 Å². The second kappa shape index (κ2) is 6.86. The van der Waals surface area contributed by atoms with Gasteiger partial charge < -0.3 is 13.3 Å². The smallest absolute Gasteiger partial charge is 0.376 e. The Hall–Kier alpha value is -0.393. The lowest BCUT2D eigenvalue weighted by Gasteiger charge is -2.37. The van der Waals surface area contributed by atoms with Crippen molar-refractivity contribution >= 4 is 20.4 Å². The van der Waals surface area contributed by atoms with Crippen LogP contribution in [0.3, 0.4) is 0 Å². The van der Waals surface area contributed by atoms with E-state index in [-0.39, 0.29) is 0 Å². The average molecular weight is 303 g/mol. The Morgan fingerprint density at radius 3 is 1.53 bits per heavy atom. The molecule has 2 aliphatic carbocycles. The molecule has 0 aromatic carbocycles. The van der Waals surface area contributed by atoms with Crippen LogP contribution in [0, 0.1) is 0 Å². The maximum absolute atomic E-state index is 6.42. The predicted octanol–water partition coefficient (Wildman–Crippen LogP) is 3.87. The fraction of sp³-hybridized carbons (Fsp3) is 0.571. The van der Waals surface area contributed by atoms with Crippen molar-refractivity contribution in [3.63, 3.8) is 0 Å². The summed E-state index contributed by atoms with van der Waals surface area (Å²) in [4.78, 5) is 0. The minimum atomic E-state index is -2.71. The van der Waals surface area contributed by atoms with Gasteiger partial charge in [0, 0.05) is 21.3 Å². The van der Waals surface area contributed by atoms with Crippen LogP contribution in [0.4, 0.5) is 0 Å². The van der Waals surface area contributed by atoms with Crippen LogP contribution in [0.1, 0.15) is 26.7 Å². The molecule has 0 saturated heterocycles. The molecule has 0 saturated carbocycles. The monoisotopic (exact) mass is 302 g/mol. The fourth-order valence-corrected chi connectivity index (χ4v) is 5.32. The molecule has 0 radical (unpaired) electrons. The Balaban J connectivity index is 0.000000241. The summed E-state index contributed by atoms with van der Waals surface area (Å²) in [5, 5.41) is 0. The van der Waals surface area contributed by atoms with Gasteiger partial charge in [-0.3, -0.25) is 0 Å². The zero-order valence-electron chi connectivity index (χ0n) is 12.3. The lowest BCUT2D eigenvalue weighted by atomic mass is 10.2. The van der Waals surface area contributed by atoms with Gasteiger partial charge >= 0.3 is 8.80 Å². The summed E-state index contributed by atoms with van der Waals surface area (Å²) in [6, 6.07) is 8.48. The summed E-state index contributed by atoms with van der Waals surface area (Å²) in [6.45, 7) is 4.02. The fourth-order valence-electron chi connectivity index (χ4n) is 2.16. The van der Waals surface area contributed by atoms with E-state index >= 15 is 0 Å². The molecule has 0 aromatic heterocycles. The molecule has 3 nitrogen and oxygen atoms in total. The summed E-state index contributed by atoms with van der Waals surface area (Å²) < 4.78 is 15.5. The van der Waals surface area contributed by atoms with Crippen molar-refractivity contribution < 1.29 is 13.3 Å². The van der Waals surface area contributed by atoms with E-state index in [1.807, 2.05) is 13.8 Å². The van der Waals surface area contributed by atoms with E-state index in [4.69, 9.17) is 24.9 Å². The topological polar surface area (TPSA) is 27.7 Å². The average Bonchev–Trinajstić information content (AvgIpc) is 3.07. The van der Waals surface area contributed by atoms with E-state index in [1.165, 1.54) is 11.1 Å². The summed E-state index contributed by atoms with van der Waals surface area (Å²) in [5.41, 5.74) is 2.85. The number of fused-ring (bicyclic) bond motifs is 1. The van der Waals surface area contributed by atoms with Gasteiger partial charge in [0.2, 0.25) is 0 Å². The van der Waals surface area contributed by atoms with Crippen LogP contribution in [0.25, 0.3) is 11.1 Å². The third-order valence-electron chi connectivity index (χ3n) is 3.59. The van der Waals surface area contributed by atoms with Gasteiger partial charge in [0.05, 0.1) is 0 Å².